The molecule has 1 aromatic carbocycles. The maximum atomic E-state index is 5.95. The average molecular weight is 291 g/mol. The number of anilines is 1. The summed E-state index contributed by atoms with van der Waals surface area (Å²) in [5, 5.41) is 1.42. The van der Waals surface area contributed by atoms with Crippen molar-refractivity contribution in [1.82, 2.24) is 9.36 Å². The molecule has 0 spiro atoms. The van der Waals surface area contributed by atoms with Gasteiger partial charge in [-0.2, -0.15) is 9.36 Å². The van der Waals surface area contributed by atoms with Crippen LogP contribution in [0.5, 0.6) is 0 Å². The fourth-order valence-electron chi connectivity index (χ4n) is 0.981. The molecule has 0 radical (unpaired) electrons. The Morgan fingerprint density at radius 1 is 1.43 bits per heavy atom. The summed E-state index contributed by atoms with van der Waals surface area (Å²) in [5.41, 5.74) is 6.35. The van der Waals surface area contributed by atoms with Crippen molar-refractivity contribution >= 4 is 45.0 Å². The van der Waals surface area contributed by atoms with E-state index >= 15 is 0 Å². The van der Waals surface area contributed by atoms with Gasteiger partial charge < -0.3 is 5.73 Å². The van der Waals surface area contributed by atoms with Crippen molar-refractivity contribution in [3.8, 4) is 10.6 Å². The number of hydrogen-bond donors (Lipinski definition) is 1. The molecule has 6 heteroatoms. The van der Waals surface area contributed by atoms with Crippen LogP contribution in [0.1, 0.15) is 0 Å². The van der Waals surface area contributed by atoms with Gasteiger partial charge in [-0.05, 0) is 39.6 Å². The number of nitrogens with zero attached hydrogens (tertiary/aromatic N) is 2. The molecule has 3 nitrogen and oxygen atoms in total. The van der Waals surface area contributed by atoms with Crippen LogP contribution in [0.4, 0.5) is 5.95 Å². The third-order valence-corrected chi connectivity index (χ3v) is 3.62. The van der Waals surface area contributed by atoms with Crippen molar-refractivity contribution in [2.24, 2.45) is 0 Å². The van der Waals surface area contributed by atoms with E-state index in [-0.39, 0.29) is 0 Å². The van der Waals surface area contributed by atoms with Crippen LogP contribution in [0, 0.1) is 0 Å². The molecule has 2 rings (SSSR count). The maximum Gasteiger partial charge on any atom is 0.232 e. The highest BCUT2D eigenvalue weighted by Gasteiger charge is 2.06. The van der Waals surface area contributed by atoms with Crippen LogP contribution >= 0.6 is 39.1 Å². The minimum absolute atomic E-state index is 0.295. The summed E-state index contributed by atoms with van der Waals surface area (Å²) >= 11 is 10.5. The Morgan fingerprint density at radius 2 is 2.21 bits per heavy atom. The lowest BCUT2D eigenvalue weighted by Gasteiger charge is -1.98. The monoisotopic (exact) mass is 289 g/mol. The summed E-state index contributed by atoms with van der Waals surface area (Å²) in [4.78, 5) is 4.06. The first-order valence-corrected chi connectivity index (χ1v) is 5.66. The molecular formula is C8H5BrClN3S. The highest BCUT2D eigenvalue weighted by molar-refractivity contribution is 9.10. The third-order valence-electron chi connectivity index (χ3n) is 1.61. The maximum absolute atomic E-state index is 5.95. The van der Waals surface area contributed by atoms with Crippen LogP contribution in [0.3, 0.4) is 0 Å². The van der Waals surface area contributed by atoms with Crippen molar-refractivity contribution in [2.75, 3.05) is 5.73 Å². The molecule has 0 atom stereocenters. The highest BCUT2D eigenvalue weighted by atomic mass is 79.9. The first kappa shape index (κ1) is 9.89. The van der Waals surface area contributed by atoms with Gasteiger partial charge in [-0.25, -0.2) is 0 Å². The number of hydrogen-bond acceptors (Lipinski definition) is 4. The lowest BCUT2D eigenvalue weighted by molar-refractivity contribution is 1.34. The zero-order valence-corrected chi connectivity index (χ0v) is 10.0. The molecule has 72 valence electrons. The smallest absolute Gasteiger partial charge is 0.232 e. The number of halogens is 2. The van der Waals surface area contributed by atoms with Gasteiger partial charge in [0.15, 0.2) is 0 Å². The molecule has 0 bridgehead atoms. The van der Waals surface area contributed by atoms with Gasteiger partial charge in [0.2, 0.25) is 5.95 Å². The zero-order chi connectivity index (χ0) is 10.1. The molecule has 0 saturated heterocycles. The predicted molar refractivity (Wildman–Crippen MR) is 62.5 cm³/mol. The van der Waals surface area contributed by atoms with Crippen LogP contribution in [0.15, 0.2) is 22.7 Å². The van der Waals surface area contributed by atoms with Gasteiger partial charge in [0.05, 0.1) is 5.02 Å². The summed E-state index contributed by atoms with van der Waals surface area (Å²) in [7, 11) is 0. The second-order valence-corrected chi connectivity index (χ2v) is 4.60. The number of rotatable bonds is 1. The van der Waals surface area contributed by atoms with E-state index in [4.69, 9.17) is 17.3 Å². The molecule has 0 amide bonds. The molecular weight excluding hydrogens is 286 g/mol. The zero-order valence-electron chi connectivity index (χ0n) is 6.87. The van der Waals surface area contributed by atoms with Crippen molar-refractivity contribution in [2.45, 2.75) is 0 Å². The van der Waals surface area contributed by atoms with E-state index in [2.05, 4.69) is 25.3 Å². The van der Waals surface area contributed by atoms with Crippen LogP contribution in [0.25, 0.3) is 10.6 Å². The van der Waals surface area contributed by atoms with E-state index in [1.54, 1.807) is 0 Å². The molecule has 0 saturated carbocycles. The quantitative estimate of drug-likeness (QED) is 0.877. The number of nitrogen functional groups attached to an aromatic ring is 1. The molecule has 1 heterocycles. The van der Waals surface area contributed by atoms with Crippen molar-refractivity contribution in [3.63, 3.8) is 0 Å². The number of nitrogens with two attached hydrogens (primary N) is 1. The lowest BCUT2D eigenvalue weighted by atomic mass is 10.2. The van der Waals surface area contributed by atoms with Crippen LogP contribution < -0.4 is 5.73 Å². The molecule has 0 aliphatic rings. The van der Waals surface area contributed by atoms with Crippen LogP contribution in [-0.2, 0) is 0 Å². The molecule has 0 unspecified atom stereocenters. The van der Waals surface area contributed by atoms with Crippen molar-refractivity contribution in [3.05, 3.63) is 27.7 Å². The van der Waals surface area contributed by atoms with E-state index in [1.807, 2.05) is 18.2 Å². The molecule has 0 fully saturated rings. The molecule has 1 aromatic heterocycles. The molecule has 0 aliphatic heterocycles. The predicted octanol–water partition coefficient (Wildman–Crippen LogP) is 3.20. The van der Waals surface area contributed by atoms with Gasteiger partial charge in [-0.1, -0.05) is 17.7 Å². The Bertz CT molecular complexity index is 471. The van der Waals surface area contributed by atoms with E-state index in [0.717, 1.165) is 15.0 Å². The summed E-state index contributed by atoms with van der Waals surface area (Å²) in [6, 6.07) is 5.61. The van der Waals surface area contributed by atoms with Crippen molar-refractivity contribution < 1.29 is 0 Å². The van der Waals surface area contributed by atoms with Gasteiger partial charge in [-0.15, -0.1) is 0 Å². The van der Waals surface area contributed by atoms with E-state index < -0.39 is 0 Å². The van der Waals surface area contributed by atoms with Gasteiger partial charge in [0, 0.05) is 10.0 Å². The molecule has 2 aromatic rings. The minimum Gasteiger partial charge on any atom is -0.367 e. The first-order valence-electron chi connectivity index (χ1n) is 3.71. The Balaban J connectivity index is 2.47. The van der Waals surface area contributed by atoms with Gasteiger partial charge >= 0.3 is 0 Å². The molecule has 0 aliphatic carbocycles. The fraction of sp³-hybridized carbons (Fsp3) is 0. The van der Waals surface area contributed by atoms with Crippen molar-refractivity contribution in [1.29, 1.82) is 0 Å². The number of aromatic nitrogens is 2. The standard InChI is InChI=1S/C8H5BrClN3S/c9-5-2-1-4(3-6(5)10)7-12-8(11)13-14-7/h1-3H,(H2,11,13). The summed E-state index contributed by atoms with van der Waals surface area (Å²) < 4.78 is 4.76. The SMILES string of the molecule is Nc1nsc(-c2ccc(Br)c(Cl)c2)n1. The minimum atomic E-state index is 0.295. The lowest BCUT2D eigenvalue weighted by Crippen LogP contribution is -1.85. The van der Waals surface area contributed by atoms with Gasteiger partial charge in [-0.3, -0.25) is 0 Å². The largest absolute Gasteiger partial charge is 0.367 e. The molecule has 2 N–H and O–H groups in total. The second kappa shape index (κ2) is 3.84. The summed E-state index contributed by atoms with van der Waals surface area (Å²) in [6.07, 6.45) is 0. The topological polar surface area (TPSA) is 51.8 Å². The average Bonchev–Trinajstić information content (AvgIpc) is 2.57. The summed E-state index contributed by atoms with van der Waals surface area (Å²) in [5.74, 6) is 0.295. The van der Waals surface area contributed by atoms with E-state index in [1.165, 1.54) is 11.5 Å². The number of benzene rings is 1. The third kappa shape index (κ3) is 1.89. The molecule has 14 heavy (non-hydrogen) atoms. The Hall–Kier alpha value is -0.650. The Morgan fingerprint density at radius 3 is 2.79 bits per heavy atom. The first-order chi connectivity index (χ1) is 6.66. The van der Waals surface area contributed by atoms with E-state index in [0.29, 0.717) is 11.0 Å². The van der Waals surface area contributed by atoms with Crippen LogP contribution in [0.2, 0.25) is 5.02 Å². The Labute approximate surface area is 98.2 Å². The van der Waals surface area contributed by atoms with Crippen LogP contribution in [-0.4, -0.2) is 9.36 Å². The Kier molecular flexibility index (Phi) is 2.71. The normalized spacial score (nSPS) is 10.4. The second-order valence-electron chi connectivity index (χ2n) is 2.59. The van der Waals surface area contributed by atoms with Gasteiger partial charge in [0.25, 0.3) is 0 Å². The van der Waals surface area contributed by atoms with Gasteiger partial charge in [0.1, 0.15) is 5.01 Å². The summed E-state index contributed by atoms with van der Waals surface area (Å²) in [6.45, 7) is 0. The fourth-order valence-corrected chi connectivity index (χ4v) is 2.00. The van der Waals surface area contributed by atoms with E-state index in [9.17, 15) is 0 Å². The highest BCUT2D eigenvalue weighted by Crippen LogP contribution is 2.29.